The Bertz CT molecular complexity index is 55.4. The van der Waals surface area contributed by atoms with Crippen molar-refractivity contribution in [1.82, 2.24) is 0 Å². The molecule has 0 aromatic rings. The molecule has 0 rings (SSSR count). The van der Waals surface area contributed by atoms with E-state index in [4.69, 9.17) is 0 Å². The summed E-state index contributed by atoms with van der Waals surface area (Å²) in [4.78, 5) is 19.1. The molecule has 0 unspecified atom stereocenters. The summed E-state index contributed by atoms with van der Waals surface area (Å²) in [5.74, 6) is 0. The Balaban J connectivity index is 0. The van der Waals surface area contributed by atoms with E-state index in [9.17, 15) is 9.59 Å². The molecule has 0 aliphatic carbocycles. The van der Waals surface area contributed by atoms with E-state index in [1.165, 1.54) is 0 Å². The third kappa shape index (κ3) is 9.28. The minimum absolute atomic E-state index is 0. The van der Waals surface area contributed by atoms with Crippen molar-refractivity contribution in [2.75, 3.05) is 0 Å². The van der Waals surface area contributed by atoms with Crippen molar-refractivity contribution in [1.29, 1.82) is 0 Å². The quantitative estimate of drug-likeness (QED) is 0.443. The summed E-state index contributed by atoms with van der Waals surface area (Å²) in [5, 5.41) is 0. The second-order valence-corrected chi connectivity index (χ2v) is 1.26. The van der Waals surface area contributed by atoms with Crippen LogP contribution in [0.25, 0.3) is 0 Å². The van der Waals surface area contributed by atoms with E-state index in [1.807, 2.05) is 0 Å². The maximum atomic E-state index is 9.56. The molecular weight excluding hydrogens is 151 g/mol. The Morgan fingerprint density at radius 1 is 1.00 bits per heavy atom. The normalized spacial score (nSPS) is 7.00. The largest absolute Gasteiger partial charge is 0.303 e. The van der Waals surface area contributed by atoms with Crippen LogP contribution in [0.3, 0.4) is 0 Å². The predicted molar refractivity (Wildman–Crippen MR) is 26.0 cm³/mol. The molecule has 0 heterocycles. The van der Waals surface area contributed by atoms with Crippen molar-refractivity contribution in [3.63, 3.8) is 0 Å². The Labute approximate surface area is 58.8 Å². The maximum absolute atomic E-state index is 9.56. The van der Waals surface area contributed by atoms with Gasteiger partial charge in [0.15, 0.2) is 0 Å². The molecule has 0 bridgehead atoms. The van der Waals surface area contributed by atoms with E-state index in [0.717, 1.165) is 12.6 Å². The minimum Gasteiger partial charge on any atom is -0.303 e. The number of carbonyl (C=O) groups is 2. The van der Waals surface area contributed by atoms with Gasteiger partial charge < -0.3 is 9.59 Å². The fourth-order valence-electron chi connectivity index (χ4n) is 0.285. The Hall–Kier alpha value is -0.154. The zero-order valence-corrected chi connectivity index (χ0v) is 5.47. The summed E-state index contributed by atoms with van der Waals surface area (Å²) in [6, 6.07) is 0. The number of aldehydes is 2. The van der Waals surface area contributed by atoms with Crippen LogP contribution in [0.5, 0.6) is 0 Å². The molecule has 0 atom stereocenters. The van der Waals surface area contributed by atoms with Gasteiger partial charge in [0.2, 0.25) is 0 Å². The van der Waals surface area contributed by atoms with E-state index >= 15 is 0 Å². The SMILES string of the molecule is O=CCCCC=O.[Co]. The Kier molecular flexibility index (Phi) is 13.4. The predicted octanol–water partition coefficient (Wildman–Crippen LogP) is 0.552. The first-order valence-electron chi connectivity index (χ1n) is 2.29. The van der Waals surface area contributed by atoms with Crippen molar-refractivity contribution in [3.05, 3.63) is 0 Å². The summed E-state index contributed by atoms with van der Waals surface area (Å²) in [7, 11) is 0. The van der Waals surface area contributed by atoms with Crippen molar-refractivity contribution < 1.29 is 26.4 Å². The van der Waals surface area contributed by atoms with Crippen LogP contribution < -0.4 is 0 Å². The van der Waals surface area contributed by atoms with Gasteiger partial charge in [-0.1, -0.05) is 0 Å². The first-order valence-corrected chi connectivity index (χ1v) is 2.29. The van der Waals surface area contributed by atoms with Crippen molar-refractivity contribution >= 4 is 12.6 Å². The number of rotatable bonds is 4. The summed E-state index contributed by atoms with van der Waals surface area (Å²) in [5.41, 5.74) is 0. The first kappa shape index (κ1) is 10.8. The van der Waals surface area contributed by atoms with Crippen LogP contribution in [-0.2, 0) is 26.4 Å². The number of unbranched alkanes of at least 4 members (excludes halogenated alkanes) is 2. The summed E-state index contributed by atoms with van der Waals surface area (Å²) < 4.78 is 0. The number of hydrogen-bond donors (Lipinski definition) is 0. The van der Waals surface area contributed by atoms with E-state index in [1.54, 1.807) is 0 Å². The first-order chi connectivity index (χ1) is 3.41. The fourth-order valence-corrected chi connectivity index (χ4v) is 0.285. The molecule has 0 aromatic carbocycles. The molecule has 49 valence electrons. The molecule has 0 aliphatic rings. The molecule has 0 saturated carbocycles. The average molecular weight is 159 g/mol. The molecular formula is C5H8CoO2. The van der Waals surface area contributed by atoms with Crippen LogP contribution in [0.2, 0.25) is 0 Å². The number of carbonyl (C=O) groups excluding carboxylic acids is 2. The van der Waals surface area contributed by atoms with Gasteiger partial charge in [0.25, 0.3) is 0 Å². The van der Waals surface area contributed by atoms with Crippen LogP contribution in [0.1, 0.15) is 19.3 Å². The van der Waals surface area contributed by atoms with Gasteiger partial charge in [-0.3, -0.25) is 0 Å². The van der Waals surface area contributed by atoms with Gasteiger partial charge >= 0.3 is 0 Å². The van der Waals surface area contributed by atoms with Crippen LogP contribution in [0.4, 0.5) is 0 Å². The van der Waals surface area contributed by atoms with Crippen molar-refractivity contribution in [2.24, 2.45) is 0 Å². The molecule has 0 aromatic heterocycles. The van der Waals surface area contributed by atoms with Gasteiger partial charge in [-0.15, -0.1) is 0 Å². The molecule has 0 fully saturated rings. The molecule has 0 aliphatic heterocycles. The van der Waals surface area contributed by atoms with E-state index in [-0.39, 0.29) is 16.8 Å². The van der Waals surface area contributed by atoms with Gasteiger partial charge in [0.1, 0.15) is 12.6 Å². The molecule has 0 spiro atoms. The zero-order chi connectivity index (χ0) is 5.54. The smallest absolute Gasteiger partial charge is 0.120 e. The molecule has 3 heteroatoms. The van der Waals surface area contributed by atoms with Crippen LogP contribution in [0, 0.1) is 0 Å². The summed E-state index contributed by atoms with van der Waals surface area (Å²) in [6.45, 7) is 0. The van der Waals surface area contributed by atoms with Crippen molar-refractivity contribution in [2.45, 2.75) is 19.3 Å². The third-order valence-electron chi connectivity index (χ3n) is 0.644. The van der Waals surface area contributed by atoms with Gasteiger partial charge in [0.05, 0.1) is 0 Å². The number of hydrogen-bond acceptors (Lipinski definition) is 2. The third-order valence-corrected chi connectivity index (χ3v) is 0.644. The van der Waals surface area contributed by atoms with Crippen LogP contribution >= 0.6 is 0 Å². The molecule has 8 heavy (non-hydrogen) atoms. The molecule has 0 N–H and O–H groups in total. The molecule has 1 radical (unpaired) electrons. The summed E-state index contributed by atoms with van der Waals surface area (Å²) >= 11 is 0. The Morgan fingerprint density at radius 3 is 1.62 bits per heavy atom. The zero-order valence-electron chi connectivity index (χ0n) is 4.43. The van der Waals surface area contributed by atoms with Gasteiger partial charge in [0, 0.05) is 29.6 Å². The van der Waals surface area contributed by atoms with E-state index in [0.29, 0.717) is 19.3 Å². The van der Waals surface area contributed by atoms with Crippen LogP contribution in [0.15, 0.2) is 0 Å². The van der Waals surface area contributed by atoms with E-state index < -0.39 is 0 Å². The van der Waals surface area contributed by atoms with Crippen molar-refractivity contribution in [3.8, 4) is 0 Å². The maximum Gasteiger partial charge on any atom is 0.120 e. The van der Waals surface area contributed by atoms with E-state index in [2.05, 4.69) is 0 Å². The topological polar surface area (TPSA) is 34.1 Å². The second kappa shape index (κ2) is 9.96. The molecule has 0 saturated heterocycles. The summed E-state index contributed by atoms with van der Waals surface area (Å²) in [6.07, 6.45) is 3.37. The molecule has 0 amide bonds. The van der Waals surface area contributed by atoms with Gasteiger partial charge in [-0.05, 0) is 6.42 Å². The minimum atomic E-state index is 0. The van der Waals surface area contributed by atoms with Gasteiger partial charge in [-0.2, -0.15) is 0 Å². The molecule has 2 nitrogen and oxygen atoms in total. The standard InChI is InChI=1S/C5H8O2.Co/c6-4-2-1-3-5-7;/h4-5H,1-3H2;. The Morgan fingerprint density at radius 2 is 1.38 bits per heavy atom. The fraction of sp³-hybridized carbons (Fsp3) is 0.600. The average Bonchev–Trinajstić information content (AvgIpc) is 1.69. The monoisotopic (exact) mass is 159 g/mol. The second-order valence-electron chi connectivity index (χ2n) is 1.26. The van der Waals surface area contributed by atoms with Crippen LogP contribution in [-0.4, -0.2) is 12.6 Å². The van der Waals surface area contributed by atoms with Gasteiger partial charge in [-0.25, -0.2) is 0 Å².